The van der Waals surface area contributed by atoms with Crippen molar-refractivity contribution in [2.75, 3.05) is 33.5 Å². The van der Waals surface area contributed by atoms with Gasteiger partial charge < -0.3 is 24.8 Å². The largest absolute Gasteiger partial charge is 0.493 e. The molecule has 0 atom stereocenters. The van der Waals surface area contributed by atoms with Crippen LogP contribution in [0.5, 0.6) is 11.5 Å². The number of rotatable bonds is 11. The summed E-state index contributed by atoms with van der Waals surface area (Å²) >= 11 is 0. The molecule has 25 heavy (non-hydrogen) atoms. The van der Waals surface area contributed by atoms with Gasteiger partial charge in [-0.1, -0.05) is 12.1 Å². The summed E-state index contributed by atoms with van der Waals surface area (Å²) in [5.74, 6) is 1.07. The Balaban J connectivity index is 2.62. The topological polar surface area (TPSA) is 68.8 Å². The van der Waals surface area contributed by atoms with Crippen molar-refractivity contribution in [3.05, 3.63) is 23.8 Å². The number of ether oxygens (including phenoxy) is 3. The Hall–Kier alpha value is -1.79. The maximum absolute atomic E-state index is 12.0. The molecule has 0 unspecified atom stereocenters. The van der Waals surface area contributed by atoms with Gasteiger partial charge in [0.25, 0.3) is 5.91 Å². The van der Waals surface area contributed by atoms with Gasteiger partial charge in [-0.05, 0) is 46.7 Å². The number of nitrogens with one attached hydrogen (secondary N) is 2. The number of carbonyl (C=O) groups is 1. The number of benzene rings is 1. The first-order valence-corrected chi connectivity index (χ1v) is 8.75. The molecule has 0 radical (unpaired) electrons. The Bertz CT molecular complexity index is 527. The van der Waals surface area contributed by atoms with Crippen LogP contribution in [0.15, 0.2) is 18.2 Å². The molecule has 2 N–H and O–H groups in total. The van der Waals surface area contributed by atoms with Gasteiger partial charge in [-0.3, -0.25) is 4.79 Å². The van der Waals surface area contributed by atoms with Crippen LogP contribution >= 0.6 is 0 Å². The molecule has 0 saturated carbocycles. The van der Waals surface area contributed by atoms with Crippen LogP contribution in [0, 0.1) is 0 Å². The fraction of sp³-hybridized carbons (Fsp3) is 0.632. The van der Waals surface area contributed by atoms with Gasteiger partial charge >= 0.3 is 0 Å². The Kier molecular flexibility index (Phi) is 9.31. The molecule has 1 aromatic carbocycles. The molecule has 0 aromatic heterocycles. The zero-order valence-corrected chi connectivity index (χ0v) is 16.1. The summed E-state index contributed by atoms with van der Waals surface area (Å²) in [4.78, 5) is 12.0. The van der Waals surface area contributed by atoms with Crippen molar-refractivity contribution in [1.82, 2.24) is 10.6 Å². The highest BCUT2D eigenvalue weighted by atomic mass is 16.5. The fourth-order valence-corrected chi connectivity index (χ4v) is 2.28. The summed E-state index contributed by atoms with van der Waals surface area (Å²) < 4.78 is 16.5. The van der Waals surface area contributed by atoms with E-state index in [9.17, 15) is 4.79 Å². The smallest absolute Gasteiger partial charge is 0.258 e. The van der Waals surface area contributed by atoms with Crippen LogP contribution in [0.1, 0.15) is 39.7 Å². The average molecular weight is 352 g/mol. The van der Waals surface area contributed by atoms with Crippen LogP contribution in [0.25, 0.3) is 0 Å². The molecule has 0 spiro atoms. The standard InChI is InChI=1S/C19H32N2O4/c1-6-24-12-8-11-20-13-15-9-7-10-16(23-5)18(15)25-14-17(22)21-19(2,3)4/h7,9-10,20H,6,8,11-14H2,1-5H3,(H,21,22). The first kappa shape index (κ1) is 21.3. The zero-order valence-electron chi connectivity index (χ0n) is 16.1. The van der Waals surface area contributed by atoms with Gasteiger partial charge in [-0.25, -0.2) is 0 Å². The number of carbonyl (C=O) groups excluding carboxylic acids is 1. The van der Waals surface area contributed by atoms with Crippen LogP contribution in [-0.2, 0) is 16.1 Å². The van der Waals surface area contributed by atoms with Gasteiger partial charge in [0, 0.05) is 30.9 Å². The van der Waals surface area contributed by atoms with Crippen molar-refractivity contribution in [2.24, 2.45) is 0 Å². The van der Waals surface area contributed by atoms with Gasteiger partial charge in [0.05, 0.1) is 7.11 Å². The second kappa shape index (κ2) is 10.9. The van der Waals surface area contributed by atoms with Crippen LogP contribution in [0.3, 0.4) is 0 Å². The normalized spacial score (nSPS) is 11.2. The monoisotopic (exact) mass is 352 g/mol. The fourth-order valence-electron chi connectivity index (χ4n) is 2.28. The molecule has 142 valence electrons. The minimum atomic E-state index is -0.286. The van der Waals surface area contributed by atoms with E-state index in [1.54, 1.807) is 7.11 Å². The Morgan fingerprint density at radius 2 is 2.00 bits per heavy atom. The van der Waals surface area contributed by atoms with Gasteiger partial charge in [0.1, 0.15) is 0 Å². The summed E-state index contributed by atoms with van der Waals surface area (Å²) in [6.45, 7) is 10.7. The molecule has 1 amide bonds. The molecule has 0 heterocycles. The molecule has 6 nitrogen and oxygen atoms in total. The molecular weight excluding hydrogens is 320 g/mol. The number of para-hydroxylation sites is 1. The quantitative estimate of drug-likeness (QED) is 0.599. The Morgan fingerprint density at radius 1 is 1.24 bits per heavy atom. The molecule has 0 fully saturated rings. The van der Waals surface area contributed by atoms with Crippen LogP contribution in [0.4, 0.5) is 0 Å². The molecule has 1 aromatic rings. The third-order valence-electron chi connectivity index (χ3n) is 3.30. The summed E-state index contributed by atoms with van der Waals surface area (Å²) in [6, 6.07) is 5.71. The predicted octanol–water partition coefficient (Wildman–Crippen LogP) is 2.50. The molecule has 0 aliphatic rings. The lowest BCUT2D eigenvalue weighted by Gasteiger charge is -2.21. The van der Waals surface area contributed by atoms with E-state index in [0.717, 1.165) is 31.7 Å². The first-order valence-electron chi connectivity index (χ1n) is 8.75. The van der Waals surface area contributed by atoms with Crippen molar-refractivity contribution in [1.29, 1.82) is 0 Å². The summed E-state index contributed by atoms with van der Waals surface area (Å²) in [5.41, 5.74) is 0.672. The SMILES string of the molecule is CCOCCCNCc1cccc(OC)c1OCC(=O)NC(C)(C)C. The molecule has 0 aliphatic heterocycles. The Labute approximate surface area is 151 Å². The van der Waals surface area contributed by atoms with Crippen molar-refractivity contribution in [3.8, 4) is 11.5 Å². The van der Waals surface area contributed by atoms with Gasteiger partial charge in [0.15, 0.2) is 18.1 Å². The molecule has 0 bridgehead atoms. The number of hydrogen-bond acceptors (Lipinski definition) is 5. The van der Waals surface area contributed by atoms with E-state index in [2.05, 4.69) is 10.6 Å². The summed E-state index contributed by atoms with van der Waals surface area (Å²) in [5, 5.41) is 6.25. The van der Waals surface area contributed by atoms with Gasteiger partial charge in [-0.2, -0.15) is 0 Å². The van der Waals surface area contributed by atoms with E-state index in [1.807, 2.05) is 45.9 Å². The summed E-state index contributed by atoms with van der Waals surface area (Å²) in [7, 11) is 1.59. The number of amides is 1. The maximum atomic E-state index is 12.0. The lowest BCUT2D eigenvalue weighted by Crippen LogP contribution is -2.43. The van der Waals surface area contributed by atoms with E-state index >= 15 is 0 Å². The van der Waals surface area contributed by atoms with Crippen molar-refractivity contribution < 1.29 is 19.0 Å². The summed E-state index contributed by atoms with van der Waals surface area (Å²) in [6.07, 6.45) is 0.946. The molecule has 6 heteroatoms. The van der Waals surface area contributed by atoms with E-state index in [4.69, 9.17) is 14.2 Å². The van der Waals surface area contributed by atoms with E-state index in [1.165, 1.54) is 0 Å². The van der Waals surface area contributed by atoms with Crippen molar-refractivity contribution in [3.63, 3.8) is 0 Å². The third kappa shape index (κ3) is 8.74. The van der Waals surface area contributed by atoms with Gasteiger partial charge in [-0.15, -0.1) is 0 Å². The van der Waals surface area contributed by atoms with Crippen LogP contribution < -0.4 is 20.1 Å². The highest BCUT2D eigenvalue weighted by Crippen LogP contribution is 2.31. The van der Waals surface area contributed by atoms with Crippen molar-refractivity contribution >= 4 is 5.91 Å². The minimum absolute atomic E-state index is 0.0466. The highest BCUT2D eigenvalue weighted by molar-refractivity contribution is 5.78. The van der Waals surface area contributed by atoms with E-state index in [-0.39, 0.29) is 18.1 Å². The van der Waals surface area contributed by atoms with Crippen LogP contribution in [-0.4, -0.2) is 44.9 Å². The first-order chi connectivity index (χ1) is 11.9. The molecule has 0 aliphatic carbocycles. The lowest BCUT2D eigenvalue weighted by molar-refractivity contribution is -0.124. The Morgan fingerprint density at radius 3 is 2.64 bits per heavy atom. The average Bonchev–Trinajstić information content (AvgIpc) is 2.54. The number of hydrogen-bond donors (Lipinski definition) is 2. The maximum Gasteiger partial charge on any atom is 0.258 e. The van der Waals surface area contributed by atoms with E-state index < -0.39 is 0 Å². The zero-order chi connectivity index (χ0) is 18.7. The third-order valence-corrected chi connectivity index (χ3v) is 3.30. The predicted molar refractivity (Wildman–Crippen MR) is 99.2 cm³/mol. The number of methoxy groups -OCH3 is 1. The minimum Gasteiger partial charge on any atom is -0.493 e. The molecule has 1 rings (SSSR count). The van der Waals surface area contributed by atoms with E-state index in [0.29, 0.717) is 18.0 Å². The van der Waals surface area contributed by atoms with Gasteiger partial charge in [0.2, 0.25) is 0 Å². The second-order valence-electron chi connectivity index (χ2n) is 6.76. The highest BCUT2D eigenvalue weighted by Gasteiger charge is 2.16. The van der Waals surface area contributed by atoms with Crippen molar-refractivity contribution in [2.45, 2.75) is 46.2 Å². The lowest BCUT2D eigenvalue weighted by atomic mass is 10.1. The molecular formula is C19H32N2O4. The molecule has 0 saturated heterocycles. The van der Waals surface area contributed by atoms with Crippen LogP contribution in [0.2, 0.25) is 0 Å². The second-order valence-corrected chi connectivity index (χ2v) is 6.76.